The Morgan fingerprint density at radius 2 is 1.71 bits per heavy atom. The third kappa shape index (κ3) is 5.17. The number of benzene rings is 3. The molecule has 0 atom stereocenters. The number of aliphatic imine (C=N–C) groups is 1. The number of aromatic nitrogens is 1. The number of rotatable bonds is 7. The molecule has 8 nitrogen and oxygen atoms in total. The lowest BCUT2D eigenvalue weighted by atomic mass is 9.99. The summed E-state index contributed by atoms with van der Waals surface area (Å²) in [6.45, 7) is 2.36. The van der Waals surface area contributed by atoms with E-state index in [0.717, 1.165) is 37.2 Å². The van der Waals surface area contributed by atoms with Crippen LogP contribution in [0.2, 0.25) is 0 Å². The van der Waals surface area contributed by atoms with Crippen LogP contribution < -0.4 is 4.90 Å². The van der Waals surface area contributed by atoms with Gasteiger partial charge in [0.05, 0.1) is 36.2 Å². The number of likely N-dealkylation sites (tertiary alicyclic amines) is 1. The molecule has 1 saturated heterocycles. The van der Waals surface area contributed by atoms with Crippen LogP contribution in [0.3, 0.4) is 0 Å². The van der Waals surface area contributed by atoms with Crippen LogP contribution in [0, 0.1) is 0 Å². The highest BCUT2D eigenvalue weighted by Gasteiger charge is 2.21. The number of nitrogens with zero attached hydrogens (tertiary/aromatic N) is 3. The van der Waals surface area contributed by atoms with E-state index in [9.17, 15) is 14.7 Å². The quantitative estimate of drug-likeness (QED) is 0.273. The summed E-state index contributed by atoms with van der Waals surface area (Å²) in [5, 5.41) is 11.6. The first-order valence-electron chi connectivity index (χ1n) is 12.6. The Balaban J connectivity index is 1.51. The van der Waals surface area contributed by atoms with Gasteiger partial charge < -0.3 is 19.7 Å². The number of hydrogen-bond donors (Lipinski definition) is 2. The molecular formula is C30H30N4O4. The summed E-state index contributed by atoms with van der Waals surface area (Å²) in [5.74, 6) is -0.456. The molecule has 1 aliphatic heterocycles. The van der Waals surface area contributed by atoms with Crippen LogP contribution in [0.5, 0.6) is 5.88 Å². The van der Waals surface area contributed by atoms with E-state index in [0.29, 0.717) is 40.0 Å². The fourth-order valence-corrected chi connectivity index (χ4v) is 4.79. The molecule has 4 aromatic rings. The number of H-pyrrole nitrogens is 1. The molecule has 0 unspecified atom stereocenters. The predicted molar refractivity (Wildman–Crippen MR) is 149 cm³/mol. The minimum atomic E-state index is -0.462. The first-order chi connectivity index (χ1) is 18.4. The van der Waals surface area contributed by atoms with E-state index < -0.39 is 5.97 Å². The first-order valence-corrected chi connectivity index (χ1v) is 12.6. The molecule has 194 valence electrons. The van der Waals surface area contributed by atoms with Gasteiger partial charge in [-0.15, -0.1) is 0 Å². The molecule has 1 fully saturated rings. The van der Waals surface area contributed by atoms with Crippen molar-refractivity contribution in [2.45, 2.75) is 12.8 Å². The monoisotopic (exact) mass is 510 g/mol. The van der Waals surface area contributed by atoms with Crippen LogP contribution in [0.25, 0.3) is 10.9 Å². The molecular weight excluding hydrogens is 480 g/mol. The summed E-state index contributed by atoms with van der Waals surface area (Å²) in [6, 6.07) is 22.1. The van der Waals surface area contributed by atoms with E-state index in [1.54, 1.807) is 30.1 Å². The summed E-state index contributed by atoms with van der Waals surface area (Å²) >= 11 is 0. The topological polar surface area (TPSA) is 98.2 Å². The van der Waals surface area contributed by atoms with Gasteiger partial charge in [0, 0.05) is 29.2 Å². The summed E-state index contributed by atoms with van der Waals surface area (Å²) in [7, 11) is 3.12. The number of carbonyl (C=O) groups excluding carboxylic acids is 2. The third-order valence-electron chi connectivity index (χ3n) is 6.89. The van der Waals surface area contributed by atoms with E-state index >= 15 is 0 Å². The molecule has 1 aliphatic rings. The van der Waals surface area contributed by atoms with Gasteiger partial charge in [-0.05, 0) is 68.4 Å². The van der Waals surface area contributed by atoms with Crippen molar-refractivity contribution in [3.63, 3.8) is 0 Å². The Labute approximate surface area is 221 Å². The Morgan fingerprint density at radius 3 is 2.39 bits per heavy atom. The van der Waals surface area contributed by atoms with Gasteiger partial charge in [-0.3, -0.25) is 9.69 Å². The maximum absolute atomic E-state index is 12.8. The molecule has 2 N–H and O–H groups in total. The lowest BCUT2D eigenvalue weighted by Crippen LogP contribution is -2.37. The Bertz CT molecular complexity index is 1490. The van der Waals surface area contributed by atoms with Crippen LogP contribution in [0.4, 0.5) is 11.4 Å². The van der Waals surface area contributed by atoms with Gasteiger partial charge in [0.15, 0.2) is 5.88 Å². The number of likely N-dealkylation sites (N-methyl/N-ethyl adjacent to an activating group) is 1. The molecule has 1 aromatic heterocycles. The van der Waals surface area contributed by atoms with Crippen LogP contribution in [-0.4, -0.2) is 66.4 Å². The Hall–Kier alpha value is -4.43. The first kappa shape index (κ1) is 25.2. The van der Waals surface area contributed by atoms with Gasteiger partial charge >= 0.3 is 5.97 Å². The number of aromatic hydroxyl groups is 1. The van der Waals surface area contributed by atoms with Gasteiger partial charge in [-0.2, -0.15) is 0 Å². The number of fused-ring (bicyclic) bond motifs is 1. The number of nitrogens with one attached hydrogen (secondary N) is 1. The number of amides is 1. The maximum atomic E-state index is 12.8. The molecule has 0 aliphatic carbocycles. The maximum Gasteiger partial charge on any atom is 0.337 e. The molecule has 0 spiro atoms. The van der Waals surface area contributed by atoms with Crippen LogP contribution >= 0.6 is 0 Å². The van der Waals surface area contributed by atoms with E-state index in [2.05, 4.69) is 9.88 Å². The lowest BCUT2D eigenvalue weighted by molar-refractivity contribution is -0.119. The molecule has 0 radical (unpaired) electrons. The summed E-state index contributed by atoms with van der Waals surface area (Å²) in [5.41, 5.74) is 4.31. The van der Waals surface area contributed by atoms with Gasteiger partial charge in [0.25, 0.3) is 0 Å². The number of methoxy groups -OCH3 is 1. The minimum Gasteiger partial charge on any atom is -0.494 e. The minimum absolute atomic E-state index is 0.0477. The zero-order valence-corrected chi connectivity index (χ0v) is 21.5. The summed E-state index contributed by atoms with van der Waals surface area (Å²) in [4.78, 5) is 36.7. The van der Waals surface area contributed by atoms with Crippen LogP contribution in [0.15, 0.2) is 77.8 Å². The third-order valence-corrected chi connectivity index (χ3v) is 6.89. The summed E-state index contributed by atoms with van der Waals surface area (Å²) < 4.78 is 4.88. The fraction of sp³-hybridized carbons (Fsp3) is 0.233. The van der Waals surface area contributed by atoms with E-state index in [1.165, 1.54) is 7.11 Å². The molecule has 8 heteroatoms. The second-order valence-electron chi connectivity index (χ2n) is 9.38. The molecule has 3 aromatic carbocycles. The molecule has 5 rings (SSSR count). The fourth-order valence-electron chi connectivity index (χ4n) is 4.79. The number of aromatic amines is 1. The average molecular weight is 511 g/mol. The summed E-state index contributed by atoms with van der Waals surface area (Å²) in [6.07, 6.45) is 2.28. The zero-order chi connectivity index (χ0) is 26.6. The standard InChI is InChI=1S/C30H30N4O4/c1-33(26(35)19-34-16-6-7-17-34)23-13-11-22(12-14-23)31-28(20-8-4-3-5-9-20)27-24-18-21(30(37)38-2)10-15-25(24)32-29(27)36/h3-5,8-15,18,32,36H,6-7,16-17,19H2,1-2H3. The van der Waals surface area contributed by atoms with Gasteiger partial charge in [-0.25, -0.2) is 9.79 Å². The number of ether oxygens (including phenoxy) is 1. The van der Waals surface area contributed by atoms with Crippen LogP contribution in [0.1, 0.15) is 34.3 Å². The van der Waals surface area contributed by atoms with Crippen molar-refractivity contribution in [2.75, 3.05) is 38.7 Å². The number of anilines is 1. The molecule has 1 amide bonds. The Morgan fingerprint density at radius 1 is 1.00 bits per heavy atom. The average Bonchev–Trinajstić information content (AvgIpc) is 3.58. The molecule has 0 bridgehead atoms. The van der Waals surface area contributed by atoms with Crippen LogP contribution in [-0.2, 0) is 9.53 Å². The number of hydrogen-bond acceptors (Lipinski definition) is 6. The van der Waals surface area contributed by atoms with E-state index in [-0.39, 0.29) is 11.8 Å². The second kappa shape index (κ2) is 10.9. The smallest absolute Gasteiger partial charge is 0.337 e. The van der Waals surface area contributed by atoms with Crippen molar-refractivity contribution >= 4 is 39.9 Å². The van der Waals surface area contributed by atoms with Crippen molar-refractivity contribution in [1.29, 1.82) is 0 Å². The van der Waals surface area contributed by atoms with E-state index in [1.807, 2.05) is 54.6 Å². The van der Waals surface area contributed by atoms with E-state index in [4.69, 9.17) is 9.73 Å². The number of esters is 1. The second-order valence-corrected chi connectivity index (χ2v) is 9.38. The molecule has 2 heterocycles. The highest BCUT2D eigenvalue weighted by Crippen LogP contribution is 2.32. The predicted octanol–water partition coefficient (Wildman–Crippen LogP) is 4.89. The Kier molecular flexibility index (Phi) is 7.24. The SMILES string of the molecule is COC(=O)c1ccc2[nH]c(O)c(C(=Nc3ccc(N(C)C(=O)CN4CCCC4)cc3)c3ccccc3)c2c1. The van der Waals surface area contributed by atoms with Crippen molar-refractivity contribution in [2.24, 2.45) is 4.99 Å². The normalized spacial score (nSPS) is 14.1. The van der Waals surface area contributed by atoms with Gasteiger partial charge in [0.1, 0.15) is 0 Å². The van der Waals surface area contributed by atoms with Gasteiger partial charge in [0.2, 0.25) is 5.91 Å². The van der Waals surface area contributed by atoms with Crippen molar-refractivity contribution < 1.29 is 19.4 Å². The molecule has 0 saturated carbocycles. The van der Waals surface area contributed by atoms with Gasteiger partial charge in [-0.1, -0.05) is 30.3 Å². The highest BCUT2D eigenvalue weighted by molar-refractivity contribution is 6.22. The number of carbonyl (C=O) groups is 2. The largest absolute Gasteiger partial charge is 0.494 e. The van der Waals surface area contributed by atoms with Crippen molar-refractivity contribution in [1.82, 2.24) is 9.88 Å². The molecule has 38 heavy (non-hydrogen) atoms. The van der Waals surface area contributed by atoms with Crippen molar-refractivity contribution in [3.05, 3.63) is 89.5 Å². The zero-order valence-electron chi connectivity index (χ0n) is 21.5. The lowest BCUT2D eigenvalue weighted by Gasteiger charge is -2.21. The van der Waals surface area contributed by atoms with Crippen molar-refractivity contribution in [3.8, 4) is 5.88 Å². The highest BCUT2D eigenvalue weighted by atomic mass is 16.5.